The molecule has 32 heavy (non-hydrogen) atoms. The summed E-state index contributed by atoms with van der Waals surface area (Å²) >= 11 is 0. The van der Waals surface area contributed by atoms with E-state index in [1.807, 2.05) is 30.3 Å². The maximum absolute atomic E-state index is 12.3. The van der Waals surface area contributed by atoms with E-state index in [4.69, 9.17) is 18.7 Å². The highest BCUT2D eigenvalue weighted by atomic mass is 16.5. The number of carbonyl (C=O) groups is 1. The summed E-state index contributed by atoms with van der Waals surface area (Å²) < 4.78 is 21.7. The molecule has 1 N–H and O–H groups in total. The second-order valence-corrected chi connectivity index (χ2v) is 6.68. The minimum absolute atomic E-state index is 0.180. The molecule has 1 heterocycles. The molecule has 0 bridgehead atoms. The highest BCUT2D eigenvalue weighted by Crippen LogP contribution is 2.32. The summed E-state index contributed by atoms with van der Waals surface area (Å²) in [5.41, 5.74) is 1.94. The third-order valence-corrected chi connectivity index (χ3v) is 4.62. The van der Waals surface area contributed by atoms with Gasteiger partial charge in [0, 0.05) is 5.69 Å². The number of ether oxygens (including phenoxy) is 3. The molecule has 4 rings (SSSR count). The molecule has 8 nitrogen and oxygen atoms in total. The number of rotatable bonds is 8. The minimum atomic E-state index is -0.298. The molecule has 0 fully saturated rings. The molecule has 3 aromatic carbocycles. The van der Waals surface area contributed by atoms with Gasteiger partial charge < -0.3 is 24.1 Å². The fourth-order valence-electron chi connectivity index (χ4n) is 3.06. The lowest BCUT2D eigenvalue weighted by Gasteiger charge is -2.10. The zero-order valence-electron chi connectivity index (χ0n) is 17.6. The normalized spacial score (nSPS) is 10.4. The number of nitrogens with zero attached hydrogens (tertiary/aromatic N) is 2. The van der Waals surface area contributed by atoms with Crippen molar-refractivity contribution in [3.63, 3.8) is 0 Å². The Balaban J connectivity index is 1.47. The number of hydrogen-bond acceptors (Lipinski definition) is 7. The van der Waals surface area contributed by atoms with Gasteiger partial charge in [-0.05, 0) is 48.5 Å². The van der Waals surface area contributed by atoms with E-state index in [-0.39, 0.29) is 12.5 Å². The van der Waals surface area contributed by atoms with Crippen LogP contribution in [0.3, 0.4) is 0 Å². The van der Waals surface area contributed by atoms with Crippen molar-refractivity contribution >= 4 is 11.6 Å². The van der Waals surface area contributed by atoms with Gasteiger partial charge in [0.2, 0.25) is 5.82 Å². The van der Waals surface area contributed by atoms with Crippen molar-refractivity contribution in [3.05, 3.63) is 72.8 Å². The molecule has 0 aliphatic rings. The zero-order valence-corrected chi connectivity index (χ0v) is 17.6. The molecular formula is C24H21N3O5. The summed E-state index contributed by atoms with van der Waals surface area (Å²) in [7, 11) is 3.16. The van der Waals surface area contributed by atoms with Crippen LogP contribution in [0.5, 0.6) is 17.2 Å². The van der Waals surface area contributed by atoms with Crippen molar-refractivity contribution in [2.24, 2.45) is 0 Å². The summed E-state index contributed by atoms with van der Waals surface area (Å²) in [5.74, 6) is 2.17. The van der Waals surface area contributed by atoms with Crippen LogP contribution in [-0.4, -0.2) is 36.9 Å². The molecule has 1 amide bonds. The quantitative estimate of drug-likeness (QED) is 0.441. The third kappa shape index (κ3) is 4.70. The SMILES string of the molecule is COc1ccc(NC(=O)COc2ccccc2-c2noc(-c3ccccc3OC)n2)cc1. The zero-order chi connectivity index (χ0) is 22.3. The van der Waals surface area contributed by atoms with Gasteiger partial charge in [-0.15, -0.1) is 0 Å². The van der Waals surface area contributed by atoms with E-state index in [1.54, 1.807) is 56.7 Å². The van der Waals surface area contributed by atoms with Gasteiger partial charge in [0.15, 0.2) is 6.61 Å². The fourth-order valence-corrected chi connectivity index (χ4v) is 3.06. The van der Waals surface area contributed by atoms with Crippen LogP contribution in [0.2, 0.25) is 0 Å². The minimum Gasteiger partial charge on any atom is -0.497 e. The lowest BCUT2D eigenvalue weighted by Crippen LogP contribution is -2.20. The molecule has 4 aromatic rings. The highest BCUT2D eigenvalue weighted by molar-refractivity contribution is 5.92. The van der Waals surface area contributed by atoms with Crippen molar-refractivity contribution in [1.29, 1.82) is 0 Å². The van der Waals surface area contributed by atoms with E-state index >= 15 is 0 Å². The van der Waals surface area contributed by atoms with Crippen molar-refractivity contribution in [2.45, 2.75) is 0 Å². The Labute approximate surface area is 184 Å². The predicted molar refractivity (Wildman–Crippen MR) is 119 cm³/mol. The number of anilines is 1. The van der Waals surface area contributed by atoms with Gasteiger partial charge in [-0.25, -0.2) is 0 Å². The number of carbonyl (C=O) groups excluding carboxylic acids is 1. The number of para-hydroxylation sites is 2. The third-order valence-electron chi connectivity index (χ3n) is 4.62. The first-order chi connectivity index (χ1) is 15.7. The van der Waals surface area contributed by atoms with E-state index in [0.29, 0.717) is 45.8 Å². The molecule has 0 saturated heterocycles. The van der Waals surface area contributed by atoms with Crippen LogP contribution in [0.1, 0.15) is 0 Å². The van der Waals surface area contributed by atoms with Gasteiger partial charge in [-0.1, -0.05) is 29.4 Å². The molecule has 162 valence electrons. The molecule has 0 aliphatic carbocycles. The van der Waals surface area contributed by atoms with Gasteiger partial charge in [0.25, 0.3) is 11.8 Å². The number of methoxy groups -OCH3 is 2. The summed E-state index contributed by atoms with van der Waals surface area (Å²) in [6.45, 7) is -0.180. The van der Waals surface area contributed by atoms with Crippen LogP contribution >= 0.6 is 0 Å². The van der Waals surface area contributed by atoms with Crippen molar-refractivity contribution in [3.8, 4) is 40.1 Å². The largest absolute Gasteiger partial charge is 0.497 e. The van der Waals surface area contributed by atoms with Crippen LogP contribution < -0.4 is 19.5 Å². The first-order valence-electron chi connectivity index (χ1n) is 9.81. The topological polar surface area (TPSA) is 95.7 Å². The van der Waals surface area contributed by atoms with Gasteiger partial charge in [-0.3, -0.25) is 4.79 Å². The Morgan fingerprint density at radius 1 is 0.875 bits per heavy atom. The monoisotopic (exact) mass is 431 g/mol. The first kappa shape index (κ1) is 20.9. The van der Waals surface area contributed by atoms with E-state index < -0.39 is 0 Å². The van der Waals surface area contributed by atoms with Crippen LogP contribution in [0.4, 0.5) is 5.69 Å². The Morgan fingerprint density at radius 2 is 1.56 bits per heavy atom. The molecule has 0 spiro atoms. The lowest BCUT2D eigenvalue weighted by atomic mass is 10.2. The molecule has 0 radical (unpaired) electrons. The van der Waals surface area contributed by atoms with E-state index in [2.05, 4.69) is 15.5 Å². The standard InChI is InChI=1S/C24H21N3O5/c1-29-17-13-11-16(12-14-17)25-22(28)15-31-21-10-6-3-7-18(21)23-26-24(32-27-23)19-8-4-5-9-20(19)30-2/h3-14H,15H2,1-2H3,(H,25,28). The van der Waals surface area contributed by atoms with Crippen LogP contribution in [0.15, 0.2) is 77.3 Å². The Bertz CT molecular complexity index is 1200. The summed E-state index contributed by atoms with van der Waals surface area (Å²) in [5, 5.41) is 6.85. The Morgan fingerprint density at radius 3 is 2.28 bits per heavy atom. The Kier molecular flexibility index (Phi) is 6.31. The van der Waals surface area contributed by atoms with Crippen molar-refractivity contribution < 1.29 is 23.5 Å². The number of nitrogens with one attached hydrogen (secondary N) is 1. The molecule has 0 aliphatic heterocycles. The second kappa shape index (κ2) is 9.65. The second-order valence-electron chi connectivity index (χ2n) is 6.68. The predicted octanol–water partition coefficient (Wildman–Crippen LogP) is 4.44. The maximum Gasteiger partial charge on any atom is 0.262 e. The smallest absolute Gasteiger partial charge is 0.262 e. The molecule has 0 atom stereocenters. The average Bonchev–Trinajstić information content (AvgIpc) is 3.33. The molecular weight excluding hydrogens is 410 g/mol. The summed E-state index contributed by atoms with van der Waals surface area (Å²) in [6.07, 6.45) is 0. The van der Waals surface area contributed by atoms with Crippen molar-refractivity contribution in [1.82, 2.24) is 10.1 Å². The molecule has 0 unspecified atom stereocenters. The van der Waals surface area contributed by atoms with Crippen LogP contribution in [0, 0.1) is 0 Å². The van der Waals surface area contributed by atoms with Gasteiger partial charge >= 0.3 is 0 Å². The van der Waals surface area contributed by atoms with Crippen LogP contribution in [-0.2, 0) is 4.79 Å². The molecule has 0 saturated carbocycles. The highest BCUT2D eigenvalue weighted by Gasteiger charge is 2.17. The van der Waals surface area contributed by atoms with E-state index in [1.165, 1.54) is 0 Å². The van der Waals surface area contributed by atoms with Gasteiger partial charge in [0.1, 0.15) is 17.2 Å². The fraction of sp³-hybridized carbons (Fsp3) is 0.125. The number of benzene rings is 3. The molecule has 8 heteroatoms. The average molecular weight is 431 g/mol. The maximum atomic E-state index is 12.3. The van der Waals surface area contributed by atoms with E-state index in [9.17, 15) is 4.79 Å². The molecule has 1 aromatic heterocycles. The van der Waals surface area contributed by atoms with Crippen molar-refractivity contribution in [2.75, 3.05) is 26.1 Å². The van der Waals surface area contributed by atoms with Crippen LogP contribution in [0.25, 0.3) is 22.8 Å². The first-order valence-corrected chi connectivity index (χ1v) is 9.81. The Hall–Kier alpha value is -4.33. The summed E-state index contributed by atoms with van der Waals surface area (Å²) in [4.78, 5) is 16.8. The van der Waals surface area contributed by atoms with Gasteiger partial charge in [-0.2, -0.15) is 4.98 Å². The summed E-state index contributed by atoms with van der Waals surface area (Å²) in [6, 6.07) is 21.6. The number of amides is 1. The number of aromatic nitrogens is 2. The van der Waals surface area contributed by atoms with E-state index in [0.717, 1.165) is 0 Å². The van der Waals surface area contributed by atoms with Gasteiger partial charge in [0.05, 0.1) is 25.3 Å². The number of hydrogen-bond donors (Lipinski definition) is 1. The lowest BCUT2D eigenvalue weighted by molar-refractivity contribution is -0.118.